The van der Waals surface area contributed by atoms with Crippen LogP contribution in [0, 0.1) is 6.92 Å². The van der Waals surface area contributed by atoms with Crippen LogP contribution in [0.3, 0.4) is 0 Å². The lowest BCUT2D eigenvalue weighted by atomic mass is 10.0. The molecular formula is C17H25N3O2. The van der Waals surface area contributed by atoms with Crippen LogP contribution in [-0.2, 0) is 4.79 Å². The molecular weight excluding hydrogens is 278 g/mol. The van der Waals surface area contributed by atoms with Crippen molar-refractivity contribution < 1.29 is 9.59 Å². The van der Waals surface area contributed by atoms with Crippen molar-refractivity contribution >= 4 is 11.8 Å². The lowest BCUT2D eigenvalue weighted by Crippen LogP contribution is -2.46. The van der Waals surface area contributed by atoms with Crippen LogP contribution in [0.1, 0.15) is 41.6 Å². The van der Waals surface area contributed by atoms with Gasteiger partial charge in [0, 0.05) is 31.1 Å². The first-order chi connectivity index (χ1) is 10.6. The van der Waals surface area contributed by atoms with E-state index in [9.17, 15) is 9.59 Å². The first-order valence-corrected chi connectivity index (χ1v) is 7.96. The molecule has 1 aliphatic rings. The van der Waals surface area contributed by atoms with E-state index in [1.165, 1.54) is 0 Å². The molecule has 1 fully saturated rings. The lowest BCUT2D eigenvalue weighted by Gasteiger charge is -2.32. The molecule has 5 nitrogen and oxygen atoms in total. The molecule has 3 N–H and O–H groups in total. The number of hydrogen-bond donors (Lipinski definition) is 2. The zero-order chi connectivity index (χ0) is 15.9. The highest BCUT2D eigenvalue weighted by molar-refractivity contribution is 5.95. The third kappa shape index (κ3) is 4.31. The number of likely N-dealkylation sites (tertiary alicyclic amines) is 1. The monoisotopic (exact) mass is 303 g/mol. The topological polar surface area (TPSA) is 75.4 Å². The van der Waals surface area contributed by atoms with Gasteiger partial charge in [0.25, 0.3) is 5.91 Å². The molecule has 120 valence electrons. The summed E-state index contributed by atoms with van der Waals surface area (Å²) in [5.74, 6) is 0.153. The van der Waals surface area contributed by atoms with Crippen molar-refractivity contribution in [1.82, 2.24) is 10.2 Å². The summed E-state index contributed by atoms with van der Waals surface area (Å²) in [6.07, 6.45) is 2.89. The number of carbonyl (C=O) groups is 2. The molecule has 0 radical (unpaired) electrons. The average Bonchev–Trinajstić information content (AvgIpc) is 2.53. The standard InChI is InChI=1S/C17H25N3O2/c1-13-5-2-3-6-15(13)17(22)19-14-8-11-20(12-9-14)16(21)7-4-10-18/h2-3,5-6,14H,4,7-12,18H2,1H3,(H,19,22). The SMILES string of the molecule is Cc1ccccc1C(=O)NC1CCN(C(=O)CCCN)CC1. The Kier molecular flexibility index (Phi) is 5.95. The summed E-state index contributed by atoms with van der Waals surface area (Å²) in [5, 5.41) is 3.08. The lowest BCUT2D eigenvalue weighted by molar-refractivity contribution is -0.132. The van der Waals surface area contributed by atoms with Gasteiger partial charge < -0.3 is 16.0 Å². The third-order valence-corrected chi connectivity index (χ3v) is 4.17. The molecule has 0 spiro atoms. The van der Waals surface area contributed by atoms with Gasteiger partial charge in [0.2, 0.25) is 5.91 Å². The second-order valence-electron chi connectivity index (χ2n) is 5.84. The highest BCUT2D eigenvalue weighted by Gasteiger charge is 2.24. The van der Waals surface area contributed by atoms with Gasteiger partial charge in [-0.1, -0.05) is 18.2 Å². The van der Waals surface area contributed by atoms with Crippen LogP contribution in [0.2, 0.25) is 0 Å². The van der Waals surface area contributed by atoms with E-state index < -0.39 is 0 Å². The zero-order valence-corrected chi connectivity index (χ0v) is 13.2. The van der Waals surface area contributed by atoms with Crippen molar-refractivity contribution in [3.8, 4) is 0 Å². The van der Waals surface area contributed by atoms with Crippen LogP contribution >= 0.6 is 0 Å². The third-order valence-electron chi connectivity index (χ3n) is 4.17. The van der Waals surface area contributed by atoms with Crippen molar-refractivity contribution in [1.29, 1.82) is 0 Å². The number of nitrogens with zero attached hydrogens (tertiary/aromatic N) is 1. The second-order valence-corrected chi connectivity index (χ2v) is 5.84. The van der Waals surface area contributed by atoms with E-state index >= 15 is 0 Å². The molecule has 1 heterocycles. The minimum Gasteiger partial charge on any atom is -0.349 e. The molecule has 0 atom stereocenters. The van der Waals surface area contributed by atoms with E-state index in [4.69, 9.17) is 5.73 Å². The fraction of sp³-hybridized carbons (Fsp3) is 0.529. The summed E-state index contributed by atoms with van der Waals surface area (Å²) in [6, 6.07) is 7.73. The fourth-order valence-electron chi connectivity index (χ4n) is 2.78. The molecule has 0 aliphatic carbocycles. The van der Waals surface area contributed by atoms with Crippen molar-refractivity contribution in [2.75, 3.05) is 19.6 Å². The first-order valence-electron chi connectivity index (χ1n) is 7.96. The van der Waals surface area contributed by atoms with Crippen molar-refractivity contribution in [3.05, 3.63) is 35.4 Å². The van der Waals surface area contributed by atoms with Gasteiger partial charge in [-0.25, -0.2) is 0 Å². The van der Waals surface area contributed by atoms with E-state index in [2.05, 4.69) is 5.32 Å². The summed E-state index contributed by atoms with van der Waals surface area (Å²) >= 11 is 0. The highest BCUT2D eigenvalue weighted by atomic mass is 16.2. The van der Waals surface area contributed by atoms with E-state index in [-0.39, 0.29) is 17.9 Å². The molecule has 2 amide bonds. The van der Waals surface area contributed by atoms with Gasteiger partial charge in [-0.2, -0.15) is 0 Å². The summed E-state index contributed by atoms with van der Waals surface area (Å²) in [6.45, 7) is 3.91. The van der Waals surface area contributed by atoms with E-state index in [0.717, 1.165) is 30.4 Å². The first kappa shape index (κ1) is 16.5. The maximum atomic E-state index is 12.3. The van der Waals surface area contributed by atoms with Gasteiger partial charge in [-0.3, -0.25) is 9.59 Å². The van der Waals surface area contributed by atoms with Gasteiger partial charge in [-0.05, 0) is 44.4 Å². The Morgan fingerprint density at radius 1 is 1.27 bits per heavy atom. The van der Waals surface area contributed by atoms with Crippen LogP contribution in [0.15, 0.2) is 24.3 Å². The van der Waals surface area contributed by atoms with E-state index in [1.807, 2.05) is 36.1 Å². The molecule has 5 heteroatoms. The summed E-state index contributed by atoms with van der Waals surface area (Å²) in [4.78, 5) is 26.1. The predicted molar refractivity (Wildman–Crippen MR) is 86.5 cm³/mol. The molecule has 2 rings (SSSR count). The zero-order valence-electron chi connectivity index (χ0n) is 13.2. The van der Waals surface area contributed by atoms with Gasteiger partial charge in [0.1, 0.15) is 0 Å². The maximum absolute atomic E-state index is 12.3. The minimum atomic E-state index is -0.0222. The minimum absolute atomic E-state index is 0.0222. The fourth-order valence-corrected chi connectivity index (χ4v) is 2.78. The molecule has 0 aromatic heterocycles. The van der Waals surface area contributed by atoms with Crippen molar-refractivity contribution in [2.45, 2.75) is 38.6 Å². The number of amides is 2. The summed E-state index contributed by atoms with van der Waals surface area (Å²) < 4.78 is 0. The van der Waals surface area contributed by atoms with Crippen molar-refractivity contribution in [3.63, 3.8) is 0 Å². The smallest absolute Gasteiger partial charge is 0.251 e. The van der Waals surface area contributed by atoms with Crippen LogP contribution < -0.4 is 11.1 Å². The van der Waals surface area contributed by atoms with Crippen LogP contribution in [-0.4, -0.2) is 42.4 Å². The number of carbonyl (C=O) groups excluding carboxylic acids is 2. The molecule has 1 aromatic rings. The molecule has 1 aromatic carbocycles. The molecule has 1 saturated heterocycles. The van der Waals surface area contributed by atoms with E-state index in [0.29, 0.717) is 26.1 Å². The quantitative estimate of drug-likeness (QED) is 0.864. The van der Waals surface area contributed by atoms with Gasteiger partial charge >= 0.3 is 0 Å². The Labute approximate surface area is 131 Å². The normalized spacial score (nSPS) is 15.6. The van der Waals surface area contributed by atoms with Gasteiger partial charge in [0.05, 0.1) is 0 Å². The number of nitrogens with one attached hydrogen (secondary N) is 1. The molecule has 0 saturated carbocycles. The largest absolute Gasteiger partial charge is 0.349 e. The molecule has 22 heavy (non-hydrogen) atoms. The molecule has 1 aliphatic heterocycles. The Morgan fingerprint density at radius 3 is 2.59 bits per heavy atom. The number of piperidine rings is 1. The number of rotatable bonds is 5. The van der Waals surface area contributed by atoms with Crippen LogP contribution in [0.5, 0.6) is 0 Å². The summed E-state index contributed by atoms with van der Waals surface area (Å²) in [7, 11) is 0. The van der Waals surface area contributed by atoms with Crippen LogP contribution in [0.4, 0.5) is 0 Å². The van der Waals surface area contributed by atoms with Gasteiger partial charge in [-0.15, -0.1) is 0 Å². The predicted octanol–water partition coefficient (Wildman–Crippen LogP) is 1.45. The number of benzene rings is 1. The number of hydrogen-bond acceptors (Lipinski definition) is 3. The van der Waals surface area contributed by atoms with E-state index in [1.54, 1.807) is 0 Å². The molecule has 0 bridgehead atoms. The van der Waals surface area contributed by atoms with Crippen LogP contribution in [0.25, 0.3) is 0 Å². The van der Waals surface area contributed by atoms with Crippen molar-refractivity contribution in [2.24, 2.45) is 5.73 Å². The Morgan fingerprint density at radius 2 is 1.95 bits per heavy atom. The summed E-state index contributed by atoms with van der Waals surface area (Å²) in [5.41, 5.74) is 7.14. The number of aryl methyl sites for hydroxylation is 1. The Balaban J connectivity index is 1.81. The number of nitrogens with two attached hydrogens (primary N) is 1. The molecule has 0 unspecified atom stereocenters. The Hall–Kier alpha value is -1.88. The maximum Gasteiger partial charge on any atom is 0.251 e. The van der Waals surface area contributed by atoms with Gasteiger partial charge in [0.15, 0.2) is 0 Å². The average molecular weight is 303 g/mol. The second kappa shape index (κ2) is 7.94. The highest BCUT2D eigenvalue weighted by Crippen LogP contribution is 2.14. The Bertz CT molecular complexity index is 522.